The van der Waals surface area contributed by atoms with Crippen LogP contribution < -0.4 is 16.2 Å². The molecule has 0 spiro atoms. The standard InChI is InChI=1S/C27H30N8O/c1-16(2)34-25(36)22-15-30-26(32-19-7-6-18-14-29-9-8-17(18)10-19)33-24(22)35(34)21-11-20(13-28)31-23(12-21)27(3,4)5/h6-7,10-12,15-16,29H,8-9,14H2,1-5H3,(H,30,32,33). The van der Waals surface area contributed by atoms with E-state index in [0.717, 1.165) is 30.9 Å². The number of nitrogens with one attached hydrogen (secondary N) is 2. The number of benzene rings is 1. The lowest BCUT2D eigenvalue weighted by atomic mass is 9.91. The van der Waals surface area contributed by atoms with Gasteiger partial charge in [0.2, 0.25) is 5.95 Å². The molecule has 0 aliphatic carbocycles. The second-order valence-corrected chi connectivity index (χ2v) is 10.5. The summed E-state index contributed by atoms with van der Waals surface area (Å²) in [5.74, 6) is 0.400. The van der Waals surface area contributed by atoms with Crippen molar-refractivity contribution in [2.24, 2.45) is 0 Å². The fourth-order valence-electron chi connectivity index (χ4n) is 4.54. The number of anilines is 2. The lowest BCUT2D eigenvalue weighted by Crippen LogP contribution is -2.25. The van der Waals surface area contributed by atoms with E-state index in [-0.39, 0.29) is 22.7 Å². The van der Waals surface area contributed by atoms with E-state index in [1.54, 1.807) is 21.6 Å². The Morgan fingerprint density at radius 3 is 2.67 bits per heavy atom. The molecule has 3 aromatic heterocycles. The van der Waals surface area contributed by atoms with E-state index < -0.39 is 0 Å². The van der Waals surface area contributed by atoms with Crippen molar-refractivity contribution in [2.45, 2.75) is 59.0 Å². The molecule has 4 aromatic rings. The van der Waals surface area contributed by atoms with Crippen molar-refractivity contribution >= 4 is 22.7 Å². The third-order valence-electron chi connectivity index (χ3n) is 6.40. The molecule has 9 heteroatoms. The third kappa shape index (κ3) is 4.25. The molecule has 1 aromatic carbocycles. The number of hydrogen-bond donors (Lipinski definition) is 2. The predicted molar refractivity (Wildman–Crippen MR) is 140 cm³/mol. The van der Waals surface area contributed by atoms with Crippen LogP contribution in [0.5, 0.6) is 0 Å². The molecule has 0 fully saturated rings. The first-order valence-electron chi connectivity index (χ1n) is 12.2. The molecule has 0 amide bonds. The summed E-state index contributed by atoms with van der Waals surface area (Å²) in [6.45, 7) is 11.9. The van der Waals surface area contributed by atoms with Crippen LogP contribution in [0.25, 0.3) is 16.7 Å². The number of aromatic nitrogens is 5. The Labute approximate surface area is 209 Å². The molecule has 1 aliphatic rings. The van der Waals surface area contributed by atoms with Crippen molar-refractivity contribution in [3.63, 3.8) is 0 Å². The second-order valence-electron chi connectivity index (χ2n) is 10.5. The minimum absolute atomic E-state index is 0.144. The van der Waals surface area contributed by atoms with E-state index in [2.05, 4.69) is 38.8 Å². The Hall–Kier alpha value is -4.03. The molecule has 0 saturated carbocycles. The lowest BCUT2D eigenvalue weighted by molar-refractivity contribution is 0.474. The highest BCUT2D eigenvalue weighted by Crippen LogP contribution is 2.27. The van der Waals surface area contributed by atoms with E-state index in [1.807, 2.05) is 46.8 Å². The fourth-order valence-corrected chi connectivity index (χ4v) is 4.54. The van der Waals surface area contributed by atoms with Gasteiger partial charge < -0.3 is 10.6 Å². The summed E-state index contributed by atoms with van der Waals surface area (Å²) in [5, 5.41) is 16.8. The summed E-state index contributed by atoms with van der Waals surface area (Å²) < 4.78 is 3.43. The largest absolute Gasteiger partial charge is 0.324 e. The molecule has 4 heterocycles. The van der Waals surface area contributed by atoms with Crippen molar-refractivity contribution in [3.8, 4) is 11.8 Å². The van der Waals surface area contributed by atoms with E-state index >= 15 is 0 Å². The van der Waals surface area contributed by atoms with Crippen LogP contribution in [0.15, 0.2) is 41.3 Å². The summed E-state index contributed by atoms with van der Waals surface area (Å²) in [6, 6.07) is 11.9. The molecule has 0 atom stereocenters. The Morgan fingerprint density at radius 2 is 1.94 bits per heavy atom. The Balaban J connectivity index is 1.67. The number of nitrogens with zero attached hydrogens (tertiary/aromatic N) is 6. The van der Waals surface area contributed by atoms with Gasteiger partial charge in [0.25, 0.3) is 5.56 Å². The first-order valence-corrected chi connectivity index (χ1v) is 12.2. The number of rotatable bonds is 4. The van der Waals surface area contributed by atoms with Crippen molar-refractivity contribution in [3.05, 3.63) is 69.4 Å². The van der Waals surface area contributed by atoms with Crippen LogP contribution in [-0.2, 0) is 18.4 Å². The SMILES string of the molecule is CC(C)n1c(=O)c2cnc(Nc3ccc4c(c3)CCNC4)nc2n1-c1cc(C#N)nc(C(C)(C)C)c1. The normalized spacial score (nSPS) is 13.6. The molecule has 0 saturated heterocycles. The van der Waals surface area contributed by atoms with Crippen LogP contribution in [-0.4, -0.2) is 30.9 Å². The zero-order chi connectivity index (χ0) is 25.6. The maximum atomic E-state index is 13.4. The number of hydrogen-bond acceptors (Lipinski definition) is 7. The van der Waals surface area contributed by atoms with Gasteiger partial charge in [0.1, 0.15) is 17.1 Å². The van der Waals surface area contributed by atoms with Gasteiger partial charge in [-0.3, -0.25) is 4.79 Å². The maximum Gasteiger partial charge on any atom is 0.278 e. The van der Waals surface area contributed by atoms with Gasteiger partial charge in [0, 0.05) is 41.6 Å². The number of pyridine rings is 1. The van der Waals surface area contributed by atoms with Gasteiger partial charge in [-0.1, -0.05) is 26.8 Å². The van der Waals surface area contributed by atoms with E-state index in [0.29, 0.717) is 22.7 Å². The Bertz CT molecular complexity index is 1570. The summed E-state index contributed by atoms with van der Waals surface area (Å²) in [5.41, 5.74) is 5.23. The highest BCUT2D eigenvalue weighted by atomic mass is 16.1. The average molecular weight is 483 g/mol. The molecule has 0 unspecified atom stereocenters. The van der Waals surface area contributed by atoms with Crippen LogP contribution in [0.3, 0.4) is 0 Å². The van der Waals surface area contributed by atoms with Crippen LogP contribution in [0.4, 0.5) is 11.6 Å². The molecular formula is C27H30N8O. The average Bonchev–Trinajstić information content (AvgIpc) is 3.15. The molecule has 5 rings (SSSR count). The monoisotopic (exact) mass is 482 g/mol. The van der Waals surface area contributed by atoms with Gasteiger partial charge in [-0.2, -0.15) is 10.2 Å². The lowest BCUT2D eigenvalue weighted by Gasteiger charge is -2.21. The van der Waals surface area contributed by atoms with Crippen LogP contribution in [0.2, 0.25) is 0 Å². The Morgan fingerprint density at radius 1 is 1.14 bits per heavy atom. The minimum Gasteiger partial charge on any atom is -0.324 e. The summed E-state index contributed by atoms with van der Waals surface area (Å²) in [7, 11) is 0. The zero-order valence-electron chi connectivity index (χ0n) is 21.3. The molecule has 0 radical (unpaired) electrons. The molecule has 2 N–H and O–H groups in total. The molecular weight excluding hydrogens is 452 g/mol. The topological polar surface area (TPSA) is 113 Å². The zero-order valence-corrected chi connectivity index (χ0v) is 21.3. The van der Waals surface area contributed by atoms with Crippen LogP contribution in [0.1, 0.15) is 63.2 Å². The summed E-state index contributed by atoms with van der Waals surface area (Å²) >= 11 is 0. The fraction of sp³-hybridized carbons (Fsp3) is 0.370. The smallest absolute Gasteiger partial charge is 0.278 e. The van der Waals surface area contributed by atoms with Crippen LogP contribution in [0, 0.1) is 11.3 Å². The van der Waals surface area contributed by atoms with Gasteiger partial charge in [-0.05, 0) is 56.1 Å². The second kappa shape index (κ2) is 8.88. The predicted octanol–water partition coefficient (Wildman–Crippen LogP) is 4.12. The molecule has 184 valence electrons. The molecule has 36 heavy (non-hydrogen) atoms. The van der Waals surface area contributed by atoms with Crippen molar-refractivity contribution in [2.75, 3.05) is 11.9 Å². The molecule has 0 bridgehead atoms. The van der Waals surface area contributed by atoms with Gasteiger partial charge in [-0.15, -0.1) is 0 Å². The van der Waals surface area contributed by atoms with Gasteiger partial charge in [0.15, 0.2) is 5.65 Å². The highest BCUT2D eigenvalue weighted by Gasteiger charge is 2.23. The van der Waals surface area contributed by atoms with E-state index in [9.17, 15) is 10.1 Å². The first kappa shape index (κ1) is 23.7. The maximum absolute atomic E-state index is 13.4. The highest BCUT2D eigenvalue weighted by molar-refractivity contribution is 5.77. The number of nitriles is 1. The van der Waals surface area contributed by atoms with E-state index in [4.69, 9.17) is 4.98 Å². The van der Waals surface area contributed by atoms with Crippen LogP contribution >= 0.6 is 0 Å². The number of fused-ring (bicyclic) bond motifs is 2. The molecule has 1 aliphatic heterocycles. The van der Waals surface area contributed by atoms with Gasteiger partial charge in [-0.25, -0.2) is 19.3 Å². The minimum atomic E-state index is -0.281. The summed E-state index contributed by atoms with van der Waals surface area (Å²) in [4.78, 5) is 27.1. The Kier molecular flexibility index (Phi) is 5.85. The van der Waals surface area contributed by atoms with Crippen molar-refractivity contribution in [1.29, 1.82) is 5.26 Å². The molecule has 9 nitrogen and oxygen atoms in total. The third-order valence-corrected chi connectivity index (χ3v) is 6.40. The quantitative estimate of drug-likeness (QED) is 0.450. The van der Waals surface area contributed by atoms with Crippen molar-refractivity contribution < 1.29 is 0 Å². The summed E-state index contributed by atoms with van der Waals surface area (Å²) in [6.07, 6.45) is 2.54. The van der Waals surface area contributed by atoms with Crippen molar-refractivity contribution in [1.82, 2.24) is 29.6 Å². The first-order chi connectivity index (χ1) is 17.2. The van der Waals surface area contributed by atoms with E-state index in [1.165, 1.54) is 11.1 Å². The van der Waals surface area contributed by atoms with Gasteiger partial charge in [0.05, 0.1) is 5.69 Å². The van der Waals surface area contributed by atoms with Gasteiger partial charge >= 0.3 is 0 Å².